The molecule has 2 aromatic rings. The van der Waals surface area contributed by atoms with E-state index in [0.29, 0.717) is 24.4 Å². The third-order valence-electron chi connectivity index (χ3n) is 3.08. The number of nitrogens with one attached hydrogen (secondary N) is 2. The second-order valence-electron chi connectivity index (χ2n) is 4.68. The quantitative estimate of drug-likeness (QED) is 0.830. The van der Waals surface area contributed by atoms with Crippen LogP contribution in [0.25, 0.3) is 0 Å². The maximum atomic E-state index is 11.8. The van der Waals surface area contributed by atoms with Crippen LogP contribution in [0.3, 0.4) is 0 Å². The van der Waals surface area contributed by atoms with Crippen molar-refractivity contribution in [2.24, 2.45) is 0 Å². The highest BCUT2D eigenvalue weighted by atomic mass is 16.5. The van der Waals surface area contributed by atoms with Crippen LogP contribution in [-0.2, 0) is 16.0 Å². The smallest absolute Gasteiger partial charge is 0.313 e. The number of carbonyl (C=O) groups excluding carboxylic acids is 2. The number of hydrogen-bond acceptors (Lipinski definition) is 3. The summed E-state index contributed by atoms with van der Waals surface area (Å²) < 4.78 is 5.06. The molecular weight excluding hydrogens is 280 g/mol. The third kappa shape index (κ3) is 4.63. The standard InChI is InChI=1S/C17H18N2O3/c1-22-15-9-5-8-14(12-15)19-17(21)16(20)18-11-10-13-6-3-2-4-7-13/h2-9,12H,10-11H2,1H3,(H,18,20)(H,19,21). The zero-order chi connectivity index (χ0) is 15.8. The molecule has 0 radical (unpaired) electrons. The van der Waals surface area contributed by atoms with Gasteiger partial charge in [0.1, 0.15) is 5.75 Å². The average Bonchev–Trinajstić information content (AvgIpc) is 2.56. The van der Waals surface area contributed by atoms with Crippen LogP contribution in [0, 0.1) is 0 Å². The highest BCUT2D eigenvalue weighted by molar-refractivity contribution is 6.39. The molecule has 0 spiro atoms. The van der Waals surface area contributed by atoms with Crippen LogP contribution >= 0.6 is 0 Å². The fourth-order valence-electron chi connectivity index (χ4n) is 1.93. The highest BCUT2D eigenvalue weighted by Crippen LogP contribution is 2.16. The lowest BCUT2D eigenvalue weighted by Crippen LogP contribution is -2.36. The molecule has 2 amide bonds. The molecular formula is C17H18N2O3. The summed E-state index contributed by atoms with van der Waals surface area (Å²) in [6.45, 7) is 0.411. The minimum Gasteiger partial charge on any atom is -0.497 e. The zero-order valence-corrected chi connectivity index (χ0v) is 12.3. The van der Waals surface area contributed by atoms with E-state index in [1.54, 1.807) is 24.3 Å². The summed E-state index contributed by atoms with van der Waals surface area (Å²) in [5.41, 5.74) is 1.62. The van der Waals surface area contributed by atoms with E-state index in [0.717, 1.165) is 5.56 Å². The molecule has 5 heteroatoms. The molecule has 0 aliphatic rings. The summed E-state index contributed by atoms with van der Waals surface area (Å²) in [7, 11) is 1.54. The van der Waals surface area contributed by atoms with Crippen molar-refractivity contribution in [1.82, 2.24) is 5.32 Å². The van der Waals surface area contributed by atoms with Gasteiger partial charge in [0.2, 0.25) is 0 Å². The Hall–Kier alpha value is -2.82. The number of methoxy groups -OCH3 is 1. The molecule has 0 saturated carbocycles. The van der Waals surface area contributed by atoms with Crippen molar-refractivity contribution in [2.75, 3.05) is 19.0 Å². The third-order valence-corrected chi connectivity index (χ3v) is 3.08. The van der Waals surface area contributed by atoms with Gasteiger partial charge in [0.25, 0.3) is 0 Å². The van der Waals surface area contributed by atoms with Gasteiger partial charge in [-0.05, 0) is 24.1 Å². The molecule has 0 heterocycles. The first-order chi connectivity index (χ1) is 10.7. The molecule has 5 nitrogen and oxygen atoms in total. The Kier molecular flexibility index (Phi) is 5.54. The summed E-state index contributed by atoms with van der Waals surface area (Å²) in [4.78, 5) is 23.5. The van der Waals surface area contributed by atoms with E-state index in [9.17, 15) is 9.59 Å². The lowest BCUT2D eigenvalue weighted by atomic mass is 10.1. The topological polar surface area (TPSA) is 67.4 Å². The molecule has 0 aliphatic heterocycles. The predicted molar refractivity (Wildman–Crippen MR) is 84.8 cm³/mol. The molecule has 2 aromatic carbocycles. The van der Waals surface area contributed by atoms with Crippen LogP contribution in [-0.4, -0.2) is 25.5 Å². The average molecular weight is 298 g/mol. The molecule has 22 heavy (non-hydrogen) atoms. The van der Waals surface area contributed by atoms with Crippen LogP contribution in [0.4, 0.5) is 5.69 Å². The van der Waals surface area contributed by atoms with Gasteiger partial charge in [0.15, 0.2) is 0 Å². The van der Waals surface area contributed by atoms with Crippen LogP contribution in [0.1, 0.15) is 5.56 Å². The number of anilines is 1. The molecule has 0 aliphatic carbocycles. The molecule has 0 saturated heterocycles. The predicted octanol–water partition coefficient (Wildman–Crippen LogP) is 1.99. The van der Waals surface area contributed by atoms with Gasteiger partial charge in [-0.2, -0.15) is 0 Å². The molecule has 2 N–H and O–H groups in total. The van der Waals surface area contributed by atoms with Crippen molar-refractivity contribution >= 4 is 17.5 Å². The second kappa shape index (κ2) is 7.83. The normalized spacial score (nSPS) is 9.86. The zero-order valence-electron chi connectivity index (χ0n) is 12.3. The summed E-state index contributed by atoms with van der Waals surface area (Å²) in [6.07, 6.45) is 0.680. The van der Waals surface area contributed by atoms with Crippen molar-refractivity contribution in [3.05, 3.63) is 60.2 Å². The summed E-state index contributed by atoms with van der Waals surface area (Å²) in [5.74, 6) is -0.734. The van der Waals surface area contributed by atoms with E-state index in [-0.39, 0.29) is 0 Å². The number of ether oxygens (including phenoxy) is 1. The van der Waals surface area contributed by atoms with Crippen molar-refractivity contribution in [3.63, 3.8) is 0 Å². The number of benzene rings is 2. The molecule has 114 valence electrons. The molecule has 0 aromatic heterocycles. The second-order valence-corrected chi connectivity index (χ2v) is 4.68. The van der Waals surface area contributed by atoms with E-state index in [1.165, 1.54) is 7.11 Å². The van der Waals surface area contributed by atoms with Crippen LogP contribution in [0.2, 0.25) is 0 Å². The van der Waals surface area contributed by atoms with Gasteiger partial charge in [0.05, 0.1) is 7.11 Å². The maximum Gasteiger partial charge on any atom is 0.313 e. The van der Waals surface area contributed by atoms with Gasteiger partial charge in [0, 0.05) is 18.3 Å². The molecule has 0 fully saturated rings. The number of hydrogen-bond donors (Lipinski definition) is 2. The van der Waals surface area contributed by atoms with E-state index < -0.39 is 11.8 Å². The Morgan fingerprint density at radius 2 is 1.77 bits per heavy atom. The summed E-state index contributed by atoms with van der Waals surface area (Å²) in [5, 5.41) is 5.13. The van der Waals surface area contributed by atoms with Gasteiger partial charge in [-0.15, -0.1) is 0 Å². The van der Waals surface area contributed by atoms with Gasteiger partial charge in [-0.25, -0.2) is 0 Å². The van der Waals surface area contributed by atoms with E-state index in [2.05, 4.69) is 10.6 Å². The van der Waals surface area contributed by atoms with Gasteiger partial charge in [-0.1, -0.05) is 36.4 Å². The fourth-order valence-corrected chi connectivity index (χ4v) is 1.93. The van der Waals surface area contributed by atoms with Crippen molar-refractivity contribution in [1.29, 1.82) is 0 Å². The van der Waals surface area contributed by atoms with Crippen molar-refractivity contribution < 1.29 is 14.3 Å². The van der Waals surface area contributed by atoms with Crippen molar-refractivity contribution in [3.8, 4) is 5.75 Å². The Balaban J connectivity index is 1.80. The first-order valence-corrected chi connectivity index (χ1v) is 6.96. The van der Waals surface area contributed by atoms with Gasteiger partial charge in [-0.3, -0.25) is 9.59 Å². The Morgan fingerprint density at radius 1 is 1.00 bits per heavy atom. The summed E-state index contributed by atoms with van der Waals surface area (Å²) in [6, 6.07) is 16.6. The number of carbonyl (C=O) groups is 2. The maximum absolute atomic E-state index is 11.8. The van der Waals surface area contributed by atoms with E-state index >= 15 is 0 Å². The van der Waals surface area contributed by atoms with E-state index in [4.69, 9.17) is 4.74 Å². The first-order valence-electron chi connectivity index (χ1n) is 6.96. The Bertz CT molecular complexity index is 641. The fraction of sp³-hybridized carbons (Fsp3) is 0.176. The molecule has 0 atom stereocenters. The van der Waals surface area contributed by atoms with Gasteiger partial charge < -0.3 is 15.4 Å². The van der Waals surface area contributed by atoms with Crippen molar-refractivity contribution in [2.45, 2.75) is 6.42 Å². The summed E-state index contributed by atoms with van der Waals surface area (Å²) >= 11 is 0. The van der Waals surface area contributed by atoms with Crippen LogP contribution < -0.4 is 15.4 Å². The first kappa shape index (κ1) is 15.6. The molecule has 0 bridgehead atoms. The lowest BCUT2D eigenvalue weighted by molar-refractivity contribution is -0.136. The number of amides is 2. The largest absolute Gasteiger partial charge is 0.497 e. The minimum absolute atomic E-state index is 0.411. The van der Waals surface area contributed by atoms with E-state index in [1.807, 2.05) is 30.3 Å². The number of rotatable bonds is 5. The lowest BCUT2D eigenvalue weighted by Gasteiger charge is -2.07. The SMILES string of the molecule is COc1cccc(NC(=O)C(=O)NCCc2ccccc2)c1. The molecule has 0 unspecified atom stereocenters. The van der Waals surface area contributed by atoms with Crippen LogP contribution in [0.15, 0.2) is 54.6 Å². The Labute approximate surface area is 129 Å². The van der Waals surface area contributed by atoms with Gasteiger partial charge >= 0.3 is 11.8 Å². The monoisotopic (exact) mass is 298 g/mol. The highest BCUT2D eigenvalue weighted by Gasteiger charge is 2.13. The Morgan fingerprint density at radius 3 is 2.50 bits per heavy atom. The minimum atomic E-state index is -0.693. The van der Waals surface area contributed by atoms with Crippen LogP contribution in [0.5, 0.6) is 5.75 Å². The molecule has 2 rings (SSSR count).